The fraction of sp³-hybridized carbons (Fsp3) is 0.632. The molecular formula is C19H28N2O3. The summed E-state index contributed by atoms with van der Waals surface area (Å²) in [4.78, 5) is 15.9. The van der Waals surface area contributed by atoms with E-state index in [9.17, 15) is 4.79 Å². The fourth-order valence-electron chi connectivity index (χ4n) is 4.20. The molecule has 5 nitrogen and oxygen atoms in total. The first-order chi connectivity index (χ1) is 11.7. The lowest BCUT2D eigenvalue weighted by molar-refractivity contribution is -0.121. The summed E-state index contributed by atoms with van der Waals surface area (Å²) in [5.41, 5.74) is 2.73. The van der Waals surface area contributed by atoms with Crippen LogP contribution in [0.15, 0.2) is 12.1 Å². The van der Waals surface area contributed by atoms with Crippen molar-refractivity contribution in [3.63, 3.8) is 0 Å². The van der Waals surface area contributed by atoms with E-state index in [0.717, 1.165) is 63.2 Å². The molecular weight excluding hydrogens is 304 g/mol. The van der Waals surface area contributed by atoms with Gasteiger partial charge in [-0.15, -0.1) is 0 Å². The number of rotatable bonds is 6. The van der Waals surface area contributed by atoms with Gasteiger partial charge in [-0.2, -0.15) is 0 Å². The summed E-state index contributed by atoms with van der Waals surface area (Å²) in [7, 11) is 3.38. The van der Waals surface area contributed by atoms with Gasteiger partial charge in [0, 0.05) is 31.7 Å². The number of amides is 1. The van der Waals surface area contributed by atoms with Gasteiger partial charge in [-0.1, -0.05) is 6.92 Å². The van der Waals surface area contributed by atoms with Crippen molar-refractivity contribution in [3.05, 3.63) is 23.3 Å². The number of carbonyl (C=O) groups excluding carboxylic acids is 1. The lowest BCUT2D eigenvalue weighted by Crippen LogP contribution is -2.50. The number of benzene rings is 1. The Bertz CT molecular complexity index is 590. The Labute approximate surface area is 144 Å². The van der Waals surface area contributed by atoms with E-state index in [-0.39, 0.29) is 0 Å². The molecule has 0 radical (unpaired) electrons. The molecule has 2 aliphatic rings. The molecule has 0 N–H and O–H groups in total. The monoisotopic (exact) mass is 332 g/mol. The second-order valence-corrected chi connectivity index (χ2v) is 6.74. The Balaban J connectivity index is 1.81. The predicted molar refractivity (Wildman–Crippen MR) is 93.6 cm³/mol. The van der Waals surface area contributed by atoms with Crippen LogP contribution in [0.5, 0.6) is 11.5 Å². The molecule has 1 aromatic rings. The highest BCUT2D eigenvalue weighted by Gasteiger charge is 2.35. The van der Waals surface area contributed by atoms with Gasteiger partial charge in [-0.05, 0) is 48.9 Å². The van der Waals surface area contributed by atoms with Crippen molar-refractivity contribution in [2.24, 2.45) is 0 Å². The fourth-order valence-corrected chi connectivity index (χ4v) is 4.20. The molecule has 3 rings (SSSR count). The molecule has 132 valence electrons. The van der Waals surface area contributed by atoms with Crippen LogP contribution in [0.4, 0.5) is 0 Å². The second kappa shape index (κ2) is 7.43. The zero-order valence-electron chi connectivity index (χ0n) is 15.0. The maximum Gasteiger partial charge on any atom is 0.209 e. The van der Waals surface area contributed by atoms with Crippen molar-refractivity contribution in [2.75, 3.05) is 33.9 Å². The molecule has 2 atom stereocenters. The summed E-state index contributed by atoms with van der Waals surface area (Å²) < 4.78 is 10.9. The number of ether oxygens (including phenoxy) is 2. The van der Waals surface area contributed by atoms with E-state index in [0.29, 0.717) is 12.1 Å². The summed E-state index contributed by atoms with van der Waals surface area (Å²) in [6.45, 7) is 4.99. The molecule has 1 fully saturated rings. The van der Waals surface area contributed by atoms with Crippen molar-refractivity contribution < 1.29 is 14.3 Å². The van der Waals surface area contributed by atoms with Crippen LogP contribution in [0.2, 0.25) is 0 Å². The molecule has 5 heteroatoms. The quantitative estimate of drug-likeness (QED) is 0.751. The van der Waals surface area contributed by atoms with Crippen molar-refractivity contribution in [1.82, 2.24) is 9.80 Å². The molecule has 24 heavy (non-hydrogen) atoms. The summed E-state index contributed by atoms with van der Waals surface area (Å²) in [6, 6.07) is 5.06. The van der Waals surface area contributed by atoms with Gasteiger partial charge in [-0.3, -0.25) is 9.69 Å². The van der Waals surface area contributed by atoms with E-state index in [1.54, 1.807) is 14.2 Å². The van der Waals surface area contributed by atoms with E-state index in [2.05, 4.69) is 24.0 Å². The molecule has 1 unspecified atom stereocenters. The van der Waals surface area contributed by atoms with Crippen molar-refractivity contribution in [2.45, 2.75) is 44.7 Å². The van der Waals surface area contributed by atoms with Crippen LogP contribution in [0.25, 0.3) is 0 Å². The molecule has 0 aromatic heterocycles. The van der Waals surface area contributed by atoms with Crippen molar-refractivity contribution in [1.29, 1.82) is 0 Å². The highest BCUT2D eigenvalue weighted by atomic mass is 16.5. The first-order valence-electron chi connectivity index (χ1n) is 8.91. The Kier molecular flexibility index (Phi) is 5.29. The maximum absolute atomic E-state index is 11.4. The molecule has 0 saturated carbocycles. The van der Waals surface area contributed by atoms with Crippen LogP contribution in [-0.2, 0) is 11.2 Å². The minimum atomic E-state index is 0.348. The number of piperidine rings is 1. The first kappa shape index (κ1) is 17.1. The number of methoxy groups -OCH3 is 2. The number of nitrogens with zero attached hydrogens (tertiary/aromatic N) is 2. The number of hydrogen-bond acceptors (Lipinski definition) is 4. The molecule has 1 saturated heterocycles. The summed E-state index contributed by atoms with van der Waals surface area (Å²) >= 11 is 0. The second-order valence-electron chi connectivity index (χ2n) is 6.74. The van der Waals surface area contributed by atoms with Crippen LogP contribution in [-0.4, -0.2) is 56.1 Å². The molecule has 1 aromatic carbocycles. The van der Waals surface area contributed by atoms with Crippen LogP contribution in [0.1, 0.15) is 43.4 Å². The van der Waals surface area contributed by atoms with Crippen LogP contribution >= 0.6 is 0 Å². The van der Waals surface area contributed by atoms with Gasteiger partial charge >= 0.3 is 0 Å². The standard InChI is InChI=1S/C19H28N2O3/c1-4-8-21(13-22)15-5-6-17-16-11-19(24-3)18(23-2)10-14(16)7-9-20(17)12-15/h10-11,13,15,17H,4-9,12H2,1-3H3/t15-,17?/m1/s1. The van der Waals surface area contributed by atoms with Gasteiger partial charge in [0.05, 0.1) is 14.2 Å². The zero-order valence-corrected chi connectivity index (χ0v) is 15.0. The Morgan fingerprint density at radius 1 is 1.25 bits per heavy atom. The molecule has 0 spiro atoms. The molecule has 2 heterocycles. The third-order valence-corrected chi connectivity index (χ3v) is 5.42. The number of carbonyl (C=O) groups is 1. The van der Waals surface area contributed by atoms with Crippen molar-refractivity contribution >= 4 is 6.41 Å². The summed E-state index contributed by atoms with van der Waals surface area (Å²) in [5.74, 6) is 1.62. The summed E-state index contributed by atoms with van der Waals surface area (Å²) in [6.07, 6.45) is 5.21. The average molecular weight is 332 g/mol. The van der Waals surface area contributed by atoms with Gasteiger partial charge in [0.1, 0.15) is 0 Å². The van der Waals surface area contributed by atoms with E-state index in [1.807, 2.05) is 4.90 Å². The normalized spacial score (nSPS) is 23.1. The van der Waals surface area contributed by atoms with Gasteiger partial charge in [0.15, 0.2) is 11.5 Å². The van der Waals surface area contributed by atoms with Crippen molar-refractivity contribution in [3.8, 4) is 11.5 Å². The van der Waals surface area contributed by atoms with E-state index >= 15 is 0 Å². The van der Waals surface area contributed by atoms with Crippen LogP contribution < -0.4 is 9.47 Å². The third kappa shape index (κ3) is 3.09. The molecule has 0 aliphatic carbocycles. The summed E-state index contributed by atoms with van der Waals surface area (Å²) in [5, 5.41) is 0. The highest BCUT2D eigenvalue weighted by molar-refractivity contribution is 5.50. The lowest BCUT2D eigenvalue weighted by atomic mass is 9.85. The minimum Gasteiger partial charge on any atom is -0.493 e. The zero-order chi connectivity index (χ0) is 17.1. The van der Waals surface area contributed by atoms with Gasteiger partial charge in [0.25, 0.3) is 0 Å². The Morgan fingerprint density at radius 2 is 2.00 bits per heavy atom. The average Bonchev–Trinajstić information content (AvgIpc) is 2.64. The predicted octanol–water partition coefficient (Wildman–Crippen LogP) is 2.63. The van der Waals surface area contributed by atoms with Crippen LogP contribution in [0, 0.1) is 0 Å². The first-order valence-corrected chi connectivity index (χ1v) is 8.91. The van der Waals surface area contributed by atoms with E-state index in [4.69, 9.17) is 9.47 Å². The van der Waals surface area contributed by atoms with Gasteiger partial charge < -0.3 is 14.4 Å². The smallest absolute Gasteiger partial charge is 0.209 e. The van der Waals surface area contributed by atoms with Crippen LogP contribution in [0.3, 0.4) is 0 Å². The number of fused-ring (bicyclic) bond motifs is 3. The third-order valence-electron chi connectivity index (χ3n) is 5.42. The van der Waals surface area contributed by atoms with Gasteiger partial charge in [0.2, 0.25) is 6.41 Å². The minimum absolute atomic E-state index is 0.348. The maximum atomic E-state index is 11.4. The Hall–Kier alpha value is -1.75. The lowest BCUT2D eigenvalue weighted by Gasteiger charge is -2.46. The van der Waals surface area contributed by atoms with Gasteiger partial charge in [-0.25, -0.2) is 0 Å². The molecule has 2 aliphatic heterocycles. The molecule has 0 bridgehead atoms. The Morgan fingerprint density at radius 3 is 2.67 bits per heavy atom. The topological polar surface area (TPSA) is 42.0 Å². The SMILES string of the molecule is CCCN(C=O)[C@@H]1CCC2c3cc(OC)c(OC)cc3CCN2C1. The number of hydrogen-bond donors (Lipinski definition) is 0. The largest absolute Gasteiger partial charge is 0.493 e. The molecule has 1 amide bonds. The van der Waals surface area contributed by atoms with E-state index < -0.39 is 0 Å². The highest BCUT2D eigenvalue weighted by Crippen LogP contribution is 2.42. The van der Waals surface area contributed by atoms with E-state index in [1.165, 1.54) is 11.1 Å².